The molecule has 8 heteroatoms. The lowest BCUT2D eigenvalue weighted by molar-refractivity contribution is 0.0835. The van der Waals surface area contributed by atoms with Gasteiger partial charge in [-0.05, 0) is 55.5 Å². The zero-order chi connectivity index (χ0) is 23.4. The molecule has 1 fully saturated rings. The first-order valence-corrected chi connectivity index (χ1v) is 11.7. The highest BCUT2D eigenvalue weighted by molar-refractivity contribution is 6.10. The number of nitrogens with one attached hydrogen (secondary N) is 1. The highest BCUT2D eigenvalue weighted by Gasteiger charge is 2.34. The van der Waals surface area contributed by atoms with Crippen LogP contribution < -0.4 is 10.5 Å². The molecule has 4 aromatic rings. The molecule has 174 valence electrons. The average molecular weight is 459 g/mol. The van der Waals surface area contributed by atoms with Crippen LogP contribution in [-0.2, 0) is 11.2 Å². The molecule has 1 atom stereocenters. The maximum atomic E-state index is 13.7. The lowest BCUT2D eigenvalue weighted by Gasteiger charge is -2.25. The molecule has 2 N–H and O–H groups in total. The van der Waals surface area contributed by atoms with Gasteiger partial charge < -0.3 is 19.7 Å². The first-order chi connectivity index (χ1) is 16.6. The number of H-pyrrole nitrogens is 1. The van der Waals surface area contributed by atoms with Gasteiger partial charge in [-0.25, -0.2) is 4.98 Å². The number of para-hydroxylation sites is 1. The van der Waals surface area contributed by atoms with E-state index in [0.29, 0.717) is 36.2 Å². The maximum Gasteiger partial charge on any atom is 0.274 e. The van der Waals surface area contributed by atoms with E-state index >= 15 is 0 Å². The topological polar surface area (TPSA) is 99.9 Å². The SMILES string of the molecule is Cc1cc2c(cc1C(=O)N1c3ccccc3CC1CO)[nH]c(=O)c1cnc(C3CCOCC3)n12. The standard InChI is InChI=1S/C26H26N4O4/c1-15-10-22-20(28-25(32)23-13-27-24(30(22)23)16-6-8-34-9-7-16)12-19(15)26(33)29-18(14-31)11-17-4-2-3-5-21(17)29/h2-5,10,12-13,16,18,31H,6-9,11,14H2,1H3,(H,28,32). The van der Waals surface area contributed by atoms with Crippen LogP contribution in [0.5, 0.6) is 0 Å². The quantitative estimate of drug-likeness (QED) is 0.492. The summed E-state index contributed by atoms with van der Waals surface area (Å²) in [5, 5.41) is 9.97. The third-order valence-corrected chi connectivity index (χ3v) is 7.17. The summed E-state index contributed by atoms with van der Waals surface area (Å²) in [6.45, 7) is 3.15. The fourth-order valence-electron chi connectivity index (χ4n) is 5.43. The van der Waals surface area contributed by atoms with Gasteiger partial charge in [-0.3, -0.25) is 14.0 Å². The Labute approximate surface area is 195 Å². The molecule has 4 heterocycles. The molecule has 6 rings (SSSR count). The molecule has 0 radical (unpaired) electrons. The number of aromatic amines is 1. The second-order valence-electron chi connectivity index (χ2n) is 9.21. The van der Waals surface area contributed by atoms with Crippen molar-refractivity contribution in [2.24, 2.45) is 0 Å². The van der Waals surface area contributed by atoms with Gasteiger partial charge >= 0.3 is 0 Å². The van der Waals surface area contributed by atoms with Crippen LogP contribution in [0.25, 0.3) is 16.6 Å². The monoisotopic (exact) mass is 458 g/mol. The number of fused-ring (bicyclic) bond motifs is 4. The van der Waals surface area contributed by atoms with Gasteiger partial charge in [0.2, 0.25) is 0 Å². The first kappa shape index (κ1) is 21.1. The summed E-state index contributed by atoms with van der Waals surface area (Å²) >= 11 is 0. The molecule has 1 amide bonds. The molecule has 2 aromatic carbocycles. The van der Waals surface area contributed by atoms with Crippen LogP contribution in [0.1, 0.15) is 46.1 Å². The summed E-state index contributed by atoms with van der Waals surface area (Å²) in [4.78, 5) is 35.9. The van der Waals surface area contributed by atoms with Crippen molar-refractivity contribution in [3.05, 3.63) is 75.5 Å². The van der Waals surface area contributed by atoms with Crippen LogP contribution in [0.3, 0.4) is 0 Å². The third kappa shape index (κ3) is 3.17. The summed E-state index contributed by atoms with van der Waals surface area (Å²) in [7, 11) is 0. The fraction of sp³-hybridized carbons (Fsp3) is 0.346. The van der Waals surface area contributed by atoms with Crippen LogP contribution in [-0.4, -0.2) is 51.2 Å². The number of carbonyl (C=O) groups excluding carboxylic acids is 1. The molecule has 1 unspecified atom stereocenters. The van der Waals surface area contributed by atoms with Crippen molar-refractivity contribution in [1.29, 1.82) is 0 Å². The van der Waals surface area contributed by atoms with Gasteiger partial charge in [0.05, 0.1) is 29.9 Å². The molecule has 0 bridgehead atoms. The van der Waals surface area contributed by atoms with Gasteiger partial charge in [0.1, 0.15) is 11.3 Å². The first-order valence-electron chi connectivity index (χ1n) is 11.7. The number of hydrogen-bond donors (Lipinski definition) is 2. The number of ether oxygens (including phenoxy) is 1. The fourth-order valence-corrected chi connectivity index (χ4v) is 5.43. The maximum absolute atomic E-state index is 13.7. The number of aromatic nitrogens is 3. The Bertz CT molecular complexity index is 1480. The molecule has 2 aliphatic heterocycles. The van der Waals surface area contributed by atoms with Crippen molar-refractivity contribution in [3.8, 4) is 0 Å². The van der Waals surface area contributed by atoms with E-state index in [-0.39, 0.29) is 30.0 Å². The summed E-state index contributed by atoms with van der Waals surface area (Å²) in [6, 6.07) is 11.1. The van der Waals surface area contributed by atoms with E-state index in [2.05, 4.69) is 9.97 Å². The average Bonchev–Trinajstić information content (AvgIpc) is 3.47. The number of rotatable bonds is 3. The molecule has 1 saturated heterocycles. The van der Waals surface area contributed by atoms with Gasteiger partial charge in [-0.2, -0.15) is 0 Å². The largest absolute Gasteiger partial charge is 0.394 e. The number of hydrogen-bond acceptors (Lipinski definition) is 5. The molecule has 0 spiro atoms. The van der Waals surface area contributed by atoms with Crippen LogP contribution in [0, 0.1) is 6.92 Å². The summed E-state index contributed by atoms with van der Waals surface area (Å²) in [5.74, 6) is 0.899. The van der Waals surface area contributed by atoms with Gasteiger partial charge in [0.25, 0.3) is 11.5 Å². The Morgan fingerprint density at radius 3 is 2.79 bits per heavy atom. The van der Waals surface area contributed by atoms with E-state index in [0.717, 1.165) is 41.0 Å². The highest BCUT2D eigenvalue weighted by atomic mass is 16.5. The second kappa shape index (κ2) is 8.07. The zero-order valence-electron chi connectivity index (χ0n) is 19.0. The van der Waals surface area contributed by atoms with Crippen molar-refractivity contribution in [2.45, 2.75) is 38.1 Å². The van der Waals surface area contributed by atoms with E-state index in [1.807, 2.05) is 41.7 Å². The molecule has 0 saturated carbocycles. The predicted octanol–water partition coefficient (Wildman–Crippen LogP) is 2.94. The number of aryl methyl sites for hydroxylation is 1. The predicted molar refractivity (Wildman–Crippen MR) is 129 cm³/mol. The number of benzene rings is 2. The Kier molecular flexibility index (Phi) is 5.00. The lowest BCUT2D eigenvalue weighted by atomic mass is 9.99. The molecule has 34 heavy (non-hydrogen) atoms. The van der Waals surface area contributed by atoms with Crippen LogP contribution in [0.15, 0.2) is 47.4 Å². The Balaban J connectivity index is 1.50. The Morgan fingerprint density at radius 2 is 2.00 bits per heavy atom. The summed E-state index contributed by atoms with van der Waals surface area (Å²) < 4.78 is 7.45. The minimum Gasteiger partial charge on any atom is -0.394 e. The molecular weight excluding hydrogens is 432 g/mol. The number of nitrogens with zero attached hydrogens (tertiary/aromatic N) is 3. The third-order valence-electron chi connectivity index (χ3n) is 7.17. The number of imidazole rings is 1. The zero-order valence-corrected chi connectivity index (χ0v) is 19.0. The highest BCUT2D eigenvalue weighted by Crippen LogP contribution is 2.34. The minimum absolute atomic E-state index is 0.117. The van der Waals surface area contributed by atoms with Crippen LogP contribution >= 0.6 is 0 Å². The van der Waals surface area contributed by atoms with Crippen molar-refractivity contribution >= 4 is 28.1 Å². The smallest absolute Gasteiger partial charge is 0.274 e. The minimum atomic E-state index is -0.310. The summed E-state index contributed by atoms with van der Waals surface area (Å²) in [5.41, 5.74) is 4.86. The van der Waals surface area contributed by atoms with Crippen molar-refractivity contribution in [3.63, 3.8) is 0 Å². The molecule has 8 nitrogen and oxygen atoms in total. The van der Waals surface area contributed by atoms with E-state index in [1.54, 1.807) is 17.2 Å². The van der Waals surface area contributed by atoms with Gasteiger partial charge in [0.15, 0.2) is 0 Å². The number of aliphatic hydroxyl groups excluding tert-OH is 1. The number of anilines is 1. The Morgan fingerprint density at radius 1 is 1.21 bits per heavy atom. The van der Waals surface area contributed by atoms with Gasteiger partial charge in [-0.15, -0.1) is 0 Å². The van der Waals surface area contributed by atoms with E-state index in [4.69, 9.17) is 4.74 Å². The van der Waals surface area contributed by atoms with E-state index in [1.165, 1.54) is 0 Å². The van der Waals surface area contributed by atoms with Gasteiger partial charge in [-0.1, -0.05) is 18.2 Å². The van der Waals surface area contributed by atoms with Crippen molar-refractivity contribution in [2.75, 3.05) is 24.7 Å². The van der Waals surface area contributed by atoms with E-state index in [9.17, 15) is 14.7 Å². The normalized spacial score (nSPS) is 18.6. The molecule has 2 aliphatic rings. The molecule has 2 aromatic heterocycles. The molecule has 0 aliphatic carbocycles. The van der Waals surface area contributed by atoms with Gasteiger partial charge in [0, 0.05) is 30.4 Å². The second-order valence-corrected chi connectivity index (χ2v) is 9.21. The lowest BCUT2D eigenvalue weighted by Crippen LogP contribution is -2.40. The number of amides is 1. The van der Waals surface area contributed by atoms with E-state index < -0.39 is 0 Å². The van der Waals surface area contributed by atoms with Crippen molar-refractivity contribution in [1.82, 2.24) is 14.4 Å². The number of aliphatic hydroxyl groups is 1. The van der Waals surface area contributed by atoms with Crippen molar-refractivity contribution < 1.29 is 14.6 Å². The molecular formula is C26H26N4O4. The summed E-state index contributed by atoms with van der Waals surface area (Å²) in [6.07, 6.45) is 3.97. The Hall–Kier alpha value is -3.49. The van der Waals surface area contributed by atoms with Crippen LogP contribution in [0.4, 0.5) is 5.69 Å². The van der Waals surface area contributed by atoms with Crippen LogP contribution in [0.2, 0.25) is 0 Å². The number of carbonyl (C=O) groups is 1.